The lowest BCUT2D eigenvalue weighted by Crippen LogP contribution is -2.10. The van der Waals surface area contributed by atoms with Gasteiger partial charge in [0.1, 0.15) is 5.01 Å². The summed E-state index contributed by atoms with van der Waals surface area (Å²) in [5.41, 5.74) is 4.69. The van der Waals surface area contributed by atoms with Crippen LogP contribution in [0.25, 0.3) is 31.0 Å². The lowest BCUT2D eigenvalue weighted by atomic mass is 9.87. The molecule has 0 atom stereocenters. The van der Waals surface area contributed by atoms with Gasteiger partial charge in [-0.15, -0.1) is 35.3 Å². The van der Waals surface area contributed by atoms with Gasteiger partial charge in [-0.1, -0.05) is 53.7 Å². The van der Waals surface area contributed by atoms with Crippen LogP contribution in [-0.2, 0) is 10.8 Å². The van der Waals surface area contributed by atoms with Crippen LogP contribution in [0.1, 0.15) is 52.1 Å². The van der Waals surface area contributed by atoms with Crippen molar-refractivity contribution in [3.8, 4) is 10.6 Å². The van der Waals surface area contributed by atoms with Crippen molar-refractivity contribution in [3.63, 3.8) is 0 Å². The summed E-state index contributed by atoms with van der Waals surface area (Å²) in [5, 5.41) is 2.19. The van der Waals surface area contributed by atoms with Gasteiger partial charge in [0.15, 0.2) is 0 Å². The number of fused-ring (bicyclic) bond motifs is 2. The molecule has 2 nitrogen and oxygen atoms in total. The van der Waals surface area contributed by atoms with E-state index in [1.807, 2.05) is 0 Å². The minimum atomic E-state index is 0.0748. The fraction of sp³-hybridized carbons (Fsp3) is 0.364. The van der Waals surface area contributed by atoms with Crippen molar-refractivity contribution >= 4 is 55.7 Å². The molecule has 0 aliphatic carbocycles. The van der Waals surface area contributed by atoms with Gasteiger partial charge in [-0.3, -0.25) is 0 Å². The summed E-state index contributed by atoms with van der Waals surface area (Å²) < 4.78 is 2.38. The standard InChI is InChI=1S/C22H24N2S3/c1-21(2,3)12-7-8-13(16(25)9-12)19-23-14-10-18-15(11-17(14)26-19)24-20(27-18)22(4,5)6/h7-11,25H,1-6H3. The summed E-state index contributed by atoms with van der Waals surface area (Å²) in [6.07, 6.45) is 0. The zero-order valence-corrected chi connectivity index (χ0v) is 19.1. The molecule has 0 amide bonds. The molecule has 2 heterocycles. The van der Waals surface area contributed by atoms with Crippen molar-refractivity contribution in [3.05, 3.63) is 40.9 Å². The summed E-state index contributed by atoms with van der Waals surface area (Å²) in [6.45, 7) is 13.3. The van der Waals surface area contributed by atoms with E-state index in [1.165, 1.54) is 20.0 Å². The zero-order chi connectivity index (χ0) is 19.6. The van der Waals surface area contributed by atoms with Crippen LogP contribution in [0.5, 0.6) is 0 Å². The van der Waals surface area contributed by atoms with Crippen LogP contribution in [0.4, 0.5) is 0 Å². The predicted octanol–water partition coefficient (Wildman–Crippen LogP) is 7.46. The van der Waals surface area contributed by atoms with Crippen LogP contribution in [0.15, 0.2) is 35.2 Å². The van der Waals surface area contributed by atoms with Crippen LogP contribution >= 0.6 is 35.3 Å². The Morgan fingerprint density at radius 2 is 1.41 bits per heavy atom. The fourth-order valence-corrected chi connectivity index (χ4v) is 5.42. The summed E-state index contributed by atoms with van der Waals surface area (Å²) in [7, 11) is 0. The van der Waals surface area contributed by atoms with Crippen LogP contribution in [0.3, 0.4) is 0 Å². The van der Waals surface area contributed by atoms with Crippen LogP contribution in [0.2, 0.25) is 0 Å². The van der Waals surface area contributed by atoms with Crippen LogP contribution in [-0.4, -0.2) is 9.97 Å². The maximum absolute atomic E-state index is 4.91. The third kappa shape index (κ3) is 3.53. The maximum Gasteiger partial charge on any atom is 0.125 e. The number of hydrogen-bond acceptors (Lipinski definition) is 5. The molecule has 0 spiro atoms. The highest BCUT2D eigenvalue weighted by Crippen LogP contribution is 2.39. The second kappa shape index (κ2) is 6.29. The molecule has 2 aromatic heterocycles. The molecule has 4 aromatic rings. The minimum Gasteiger partial charge on any atom is -0.241 e. The number of nitrogens with zero attached hydrogens (tertiary/aromatic N) is 2. The first-order chi connectivity index (χ1) is 12.5. The lowest BCUT2D eigenvalue weighted by molar-refractivity contribution is 0.587. The Hall–Kier alpha value is -1.43. The second-order valence-electron chi connectivity index (χ2n) is 9.06. The molecule has 0 saturated heterocycles. The Balaban J connectivity index is 1.80. The van der Waals surface area contributed by atoms with Crippen LogP contribution < -0.4 is 0 Å². The van der Waals surface area contributed by atoms with E-state index in [0.29, 0.717) is 0 Å². The number of thiazole rings is 2. The van der Waals surface area contributed by atoms with Crippen molar-refractivity contribution in [1.29, 1.82) is 0 Å². The van der Waals surface area contributed by atoms with Crippen molar-refractivity contribution in [1.82, 2.24) is 9.97 Å². The Morgan fingerprint density at radius 1 is 0.778 bits per heavy atom. The lowest BCUT2D eigenvalue weighted by Gasteiger charge is -2.20. The number of thiol groups is 1. The van der Waals surface area contributed by atoms with E-state index in [2.05, 4.69) is 71.9 Å². The average molecular weight is 413 g/mol. The molecular formula is C22H24N2S3. The van der Waals surface area contributed by atoms with Crippen molar-refractivity contribution in [2.45, 2.75) is 57.3 Å². The SMILES string of the molecule is CC(C)(C)c1ccc(-c2nc3cc4sc(C(C)(C)C)nc4cc3s2)c(S)c1. The van der Waals surface area contributed by atoms with Gasteiger partial charge in [0, 0.05) is 15.9 Å². The third-order valence-electron chi connectivity index (χ3n) is 4.63. The first kappa shape index (κ1) is 18.9. The highest BCUT2D eigenvalue weighted by atomic mass is 32.1. The number of hydrogen-bond donors (Lipinski definition) is 1. The molecule has 140 valence electrons. The average Bonchev–Trinajstić information content (AvgIpc) is 3.13. The van der Waals surface area contributed by atoms with E-state index in [4.69, 9.17) is 22.6 Å². The molecule has 0 fully saturated rings. The Kier molecular flexibility index (Phi) is 4.41. The number of benzene rings is 2. The largest absolute Gasteiger partial charge is 0.241 e. The Morgan fingerprint density at radius 3 is 2.00 bits per heavy atom. The molecule has 0 aliphatic rings. The molecule has 0 N–H and O–H groups in total. The van der Waals surface area contributed by atoms with Crippen molar-refractivity contribution in [2.24, 2.45) is 0 Å². The predicted molar refractivity (Wildman–Crippen MR) is 123 cm³/mol. The van der Waals surface area contributed by atoms with Crippen molar-refractivity contribution in [2.75, 3.05) is 0 Å². The van der Waals surface area contributed by atoms with E-state index in [1.54, 1.807) is 22.7 Å². The topological polar surface area (TPSA) is 25.8 Å². The normalized spacial score (nSPS) is 13.0. The van der Waals surface area contributed by atoms with Crippen molar-refractivity contribution < 1.29 is 0 Å². The number of rotatable bonds is 1. The van der Waals surface area contributed by atoms with Gasteiger partial charge < -0.3 is 0 Å². The fourth-order valence-electron chi connectivity index (χ4n) is 2.96. The van der Waals surface area contributed by atoms with Gasteiger partial charge >= 0.3 is 0 Å². The summed E-state index contributed by atoms with van der Waals surface area (Å²) in [4.78, 5) is 10.7. The van der Waals surface area contributed by atoms with E-state index >= 15 is 0 Å². The maximum atomic E-state index is 4.91. The van der Waals surface area contributed by atoms with E-state index in [0.717, 1.165) is 26.5 Å². The first-order valence-corrected chi connectivity index (χ1v) is 11.2. The summed E-state index contributed by atoms with van der Waals surface area (Å²) >= 11 is 8.23. The molecule has 2 aromatic carbocycles. The molecule has 5 heteroatoms. The molecular weight excluding hydrogens is 388 g/mol. The zero-order valence-electron chi connectivity index (χ0n) is 16.5. The summed E-state index contributed by atoms with van der Waals surface area (Å²) in [5.74, 6) is 0. The molecule has 0 saturated carbocycles. The van der Waals surface area contributed by atoms with Gasteiger partial charge in [-0.25, -0.2) is 9.97 Å². The van der Waals surface area contributed by atoms with Gasteiger partial charge in [0.2, 0.25) is 0 Å². The van der Waals surface area contributed by atoms with E-state index in [9.17, 15) is 0 Å². The smallest absolute Gasteiger partial charge is 0.125 e. The Labute approximate surface area is 174 Å². The first-order valence-electron chi connectivity index (χ1n) is 9.08. The molecule has 4 rings (SSSR count). The molecule has 0 bridgehead atoms. The third-order valence-corrected chi connectivity index (χ3v) is 7.50. The highest BCUT2D eigenvalue weighted by molar-refractivity contribution is 7.80. The van der Waals surface area contributed by atoms with E-state index in [-0.39, 0.29) is 10.8 Å². The minimum absolute atomic E-state index is 0.0748. The Bertz CT molecular complexity index is 1100. The van der Waals surface area contributed by atoms with Crippen LogP contribution in [0, 0.1) is 0 Å². The molecule has 0 radical (unpaired) electrons. The number of aromatic nitrogens is 2. The van der Waals surface area contributed by atoms with Gasteiger partial charge in [0.05, 0.1) is 25.4 Å². The second-order valence-corrected chi connectivity index (χ2v) is 11.6. The van der Waals surface area contributed by atoms with Gasteiger partial charge in [-0.2, -0.15) is 0 Å². The molecule has 0 aliphatic heterocycles. The monoisotopic (exact) mass is 412 g/mol. The quantitative estimate of drug-likeness (QED) is 0.328. The van der Waals surface area contributed by atoms with Gasteiger partial charge in [0.25, 0.3) is 0 Å². The highest BCUT2D eigenvalue weighted by Gasteiger charge is 2.20. The molecule has 27 heavy (non-hydrogen) atoms. The van der Waals surface area contributed by atoms with Gasteiger partial charge in [-0.05, 0) is 29.2 Å². The molecule has 0 unspecified atom stereocenters. The van der Waals surface area contributed by atoms with E-state index < -0.39 is 0 Å². The summed E-state index contributed by atoms with van der Waals surface area (Å²) in [6, 6.07) is 10.9.